The van der Waals surface area contributed by atoms with E-state index in [2.05, 4.69) is 30.9 Å². The Labute approximate surface area is 113 Å². The summed E-state index contributed by atoms with van der Waals surface area (Å²) in [6.07, 6.45) is 4.58. The summed E-state index contributed by atoms with van der Waals surface area (Å²) in [5, 5.41) is 4.07. The van der Waals surface area contributed by atoms with Crippen LogP contribution in [0.4, 0.5) is 0 Å². The van der Waals surface area contributed by atoms with Gasteiger partial charge in [0.25, 0.3) is 0 Å². The molecule has 2 rings (SSSR count). The van der Waals surface area contributed by atoms with E-state index in [0.717, 1.165) is 30.3 Å². The van der Waals surface area contributed by atoms with Crippen LogP contribution >= 0.6 is 11.8 Å². The summed E-state index contributed by atoms with van der Waals surface area (Å²) < 4.78 is 5.61. The third-order valence-corrected chi connectivity index (χ3v) is 4.52. The van der Waals surface area contributed by atoms with Gasteiger partial charge in [0.15, 0.2) is 5.82 Å². The molecule has 1 heterocycles. The van der Waals surface area contributed by atoms with Gasteiger partial charge in [-0.3, -0.25) is 0 Å². The van der Waals surface area contributed by atoms with Gasteiger partial charge in [0.2, 0.25) is 5.89 Å². The Morgan fingerprint density at radius 1 is 1.33 bits per heavy atom. The van der Waals surface area contributed by atoms with Crippen molar-refractivity contribution >= 4 is 11.8 Å². The summed E-state index contributed by atoms with van der Waals surface area (Å²) in [4.78, 5) is 4.51. The normalized spacial score (nSPS) is 25.3. The molecule has 2 atom stereocenters. The Hall–Kier alpha value is -0.550. The first-order valence-corrected chi connectivity index (χ1v) is 7.66. The molecule has 1 aliphatic rings. The lowest BCUT2D eigenvalue weighted by atomic mass is 9.85. The molecule has 2 N–H and O–H groups in total. The van der Waals surface area contributed by atoms with Crippen LogP contribution in [0.25, 0.3) is 0 Å². The van der Waals surface area contributed by atoms with Gasteiger partial charge in [-0.2, -0.15) is 4.98 Å². The Morgan fingerprint density at radius 3 is 2.72 bits per heavy atom. The van der Waals surface area contributed by atoms with Crippen LogP contribution in [0, 0.1) is 0 Å². The van der Waals surface area contributed by atoms with Crippen LogP contribution < -0.4 is 5.73 Å². The highest BCUT2D eigenvalue weighted by molar-refractivity contribution is 7.99. The third kappa shape index (κ3) is 3.72. The molecular weight excluding hydrogens is 246 g/mol. The van der Waals surface area contributed by atoms with Gasteiger partial charge in [-0.05, 0) is 12.8 Å². The third-order valence-electron chi connectivity index (χ3n) is 3.25. The maximum absolute atomic E-state index is 6.13. The van der Waals surface area contributed by atoms with Crippen molar-refractivity contribution in [1.82, 2.24) is 10.1 Å². The van der Waals surface area contributed by atoms with E-state index < -0.39 is 0 Å². The van der Waals surface area contributed by atoms with E-state index in [4.69, 9.17) is 10.3 Å². The lowest BCUT2D eigenvalue weighted by molar-refractivity contribution is 0.289. The van der Waals surface area contributed by atoms with Crippen LogP contribution in [0.15, 0.2) is 4.52 Å². The van der Waals surface area contributed by atoms with E-state index in [1.54, 1.807) is 0 Å². The molecule has 5 heteroatoms. The van der Waals surface area contributed by atoms with Crippen molar-refractivity contribution in [1.29, 1.82) is 0 Å². The number of thioether (sulfide) groups is 1. The standard InChI is InChI=1S/C13H23N3OS/c1-13(2,3)18-8-11-15-12(17-16-11)9-6-4-5-7-10(9)14/h9-10H,4-8,14H2,1-3H3. The highest BCUT2D eigenvalue weighted by atomic mass is 32.2. The van der Waals surface area contributed by atoms with Crippen molar-refractivity contribution in [2.45, 2.75) is 68.9 Å². The van der Waals surface area contributed by atoms with Gasteiger partial charge >= 0.3 is 0 Å². The van der Waals surface area contributed by atoms with Crippen LogP contribution in [0.3, 0.4) is 0 Å². The first-order valence-electron chi connectivity index (χ1n) is 6.68. The predicted octanol–water partition coefficient (Wildman–Crippen LogP) is 3.09. The minimum atomic E-state index is 0.183. The minimum Gasteiger partial charge on any atom is -0.339 e. The van der Waals surface area contributed by atoms with Crippen molar-refractivity contribution in [3.63, 3.8) is 0 Å². The zero-order valence-electron chi connectivity index (χ0n) is 11.5. The Morgan fingerprint density at radius 2 is 2.06 bits per heavy atom. The van der Waals surface area contributed by atoms with Crippen LogP contribution in [0.2, 0.25) is 0 Å². The molecule has 1 aliphatic carbocycles. The van der Waals surface area contributed by atoms with Gasteiger partial charge in [0, 0.05) is 10.8 Å². The fourth-order valence-corrected chi connectivity index (χ4v) is 2.90. The molecule has 0 saturated heterocycles. The van der Waals surface area contributed by atoms with Gasteiger partial charge < -0.3 is 10.3 Å². The van der Waals surface area contributed by atoms with Crippen molar-refractivity contribution in [3.8, 4) is 0 Å². The average Bonchev–Trinajstić information content (AvgIpc) is 2.75. The van der Waals surface area contributed by atoms with Gasteiger partial charge in [-0.25, -0.2) is 0 Å². The number of hydrogen-bond donors (Lipinski definition) is 1. The molecule has 18 heavy (non-hydrogen) atoms. The van der Waals surface area contributed by atoms with E-state index in [-0.39, 0.29) is 16.7 Å². The molecule has 102 valence electrons. The van der Waals surface area contributed by atoms with E-state index in [0.29, 0.717) is 0 Å². The van der Waals surface area contributed by atoms with E-state index in [9.17, 15) is 0 Å². The van der Waals surface area contributed by atoms with Crippen LogP contribution in [-0.2, 0) is 5.75 Å². The maximum Gasteiger partial charge on any atom is 0.231 e. The summed E-state index contributed by atoms with van der Waals surface area (Å²) in [6, 6.07) is 0.183. The Kier molecular flexibility index (Phi) is 4.33. The van der Waals surface area contributed by atoms with E-state index in [1.165, 1.54) is 12.8 Å². The molecule has 0 spiro atoms. The number of aromatic nitrogens is 2. The van der Waals surface area contributed by atoms with Crippen LogP contribution in [0.1, 0.15) is 64.1 Å². The van der Waals surface area contributed by atoms with Crippen molar-refractivity contribution in [3.05, 3.63) is 11.7 Å². The predicted molar refractivity (Wildman–Crippen MR) is 74.5 cm³/mol. The molecule has 1 saturated carbocycles. The molecule has 1 fully saturated rings. The average molecular weight is 269 g/mol. The second-order valence-corrected chi connectivity index (χ2v) is 7.81. The molecule has 0 aliphatic heterocycles. The summed E-state index contributed by atoms with van der Waals surface area (Å²) in [5.41, 5.74) is 6.13. The fraction of sp³-hybridized carbons (Fsp3) is 0.846. The first-order chi connectivity index (χ1) is 8.46. The van der Waals surface area contributed by atoms with Gasteiger partial charge in [0.1, 0.15) is 0 Å². The zero-order valence-corrected chi connectivity index (χ0v) is 12.3. The SMILES string of the molecule is CC(C)(C)SCc1noc(C2CCCCC2N)n1. The largest absolute Gasteiger partial charge is 0.339 e. The second-order valence-electron chi connectivity index (χ2n) is 6.00. The van der Waals surface area contributed by atoms with E-state index in [1.807, 2.05) is 11.8 Å². The lowest BCUT2D eigenvalue weighted by Gasteiger charge is -2.25. The molecule has 2 unspecified atom stereocenters. The number of hydrogen-bond acceptors (Lipinski definition) is 5. The molecule has 0 radical (unpaired) electrons. The highest BCUT2D eigenvalue weighted by Crippen LogP contribution is 2.32. The lowest BCUT2D eigenvalue weighted by Crippen LogP contribution is -2.31. The van der Waals surface area contributed by atoms with Gasteiger partial charge in [-0.15, -0.1) is 11.8 Å². The van der Waals surface area contributed by atoms with Crippen molar-refractivity contribution in [2.24, 2.45) is 5.73 Å². The monoisotopic (exact) mass is 269 g/mol. The van der Waals surface area contributed by atoms with Crippen molar-refractivity contribution < 1.29 is 4.52 Å². The fourth-order valence-electron chi connectivity index (χ4n) is 2.22. The number of nitrogens with two attached hydrogens (primary N) is 1. The van der Waals surface area contributed by atoms with Gasteiger partial charge in [0.05, 0.1) is 11.7 Å². The molecule has 4 nitrogen and oxygen atoms in total. The molecule has 0 bridgehead atoms. The number of nitrogens with zero attached hydrogens (tertiary/aromatic N) is 2. The van der Waals surface area contributed by atoms with Gasteiger partial charge in [-0.1, -0.05) is 38.8 Å². The minimum absolute atomic E-state index is 0.183. The summed E-state index contributed by atoms with van der Waals surface area (Å²) in [7, 11) is 0. The molecular formula is C13H23N3OS. The first kappa shape index (κ1) is 13.9. The van der Waals surface area contributed by atoms with E-state index >= 15 is 0 Å². The summed E-state index contributed by atoms with van der Waals surface area (Å²) in [6.45, 7) is 6.57. The summed E-state index contributed by atoms with van der Waals surface area (Å²) >= 11 is 1.83. The smallest absolute Gasteiger partial charge is 0.231 e. The maximum atomic E-state index is 6.13. The molecule has 1 aromatic heterocycles. The summed E-state index contributed by atoms with van der Waals surface area (Å²) in [5.74, 6) is 2.60. The zero-order chi connectivity index (χ0) is 13.2. The Bertz CT molecular complexity index is 386. The molecule has 0 amide bonds. The molecule has 1 aromatic rings. The topological polar surface area (TPSA) is 64.9 Å². The number of rotatable bonds is 3. The Balaban J connectivity index is 1.97. The highest BCUT2D eigenvalue weighted by Gasteiger charge is 2.28. The second kappa shape index (κ2) is 5.61. The van der Waals surface area contributed by atoms with Crippen molar-refractivity contribution in [2.75, 3.05) is 0 Å². The quantitative estimate of drug-likeness (QED) is 0.913. The molecule has 0 aromatic carbocycles. The van der Waals surface area contributed by atoms with Crippen LogP contribution in [0.5, 0.6) is 0 Å². The van der Waals surface area contributed by atoms with Crippen LogP contribution in [-0.4, -0.2) is 20.9 Å².